The van der Waals surface area contributed by atoms with Crippen molar-refractivity contribution in [1.82, 2.24) is 24.6 Å². The zero-order chi connectivity index (χ0) is 15.5. The maximum atomic E-state index is 12.4. The number of nitrogens with zero attached hydrogens (tertiary/aromatic N) is 6. The molecule has 0 atom stereocenters. The molecule has 3 rings (SSSR count). The van der Waals surface area contributed by atoms with E-state index in [1.165, 1.54) is 0 Å². The fraction of sp³-hybridized carbons (Fsp3) is 0.429. The summed E-state index contributed by atoms with van der Waals surface area (Å²) in [5.41, 5.74) is 0.485. The van der Waals surface area contributed by atoms with Crippen LogP contribution in [0.25, 0.3) is 0 Å². The number of halogens is 1. The predicted octanol–water partition coefficient (Wildman–Crippen LogP) is 1.22. The highest BCUT2D eigenvalue weighted by Gasteiger charge is 2.22. The van der Waals surface area contributed by atoms with Crippen LogP contribution in [0.3, 0.4) is 0 Å². The SMILES string of the molecule is Cn1ccc(C(=O)N2CCCN(c3ncc(Cl)cn3)CC2)n1. The summed E-state index contributed by atoms with van der Waals surface area (Å²) in [6.45, 7) is 2.84. The zero-order valence-electron chi connectivity index (χ0n) is 12.3. The minimum atomic E-state index is -0.0283. The van der Waals surface area contributed by atoms with Gasteiger partial charge >= 0.3 is 0 Å². The normalized spacial score (nSPS) is 15.7. The number of carbonyl (C=O) groups is 1. The maximum Gasteiger partial charge on any atom is 0.274 e. The predicted molar refractivity (Wildman–Crippen MR) is 83.0 cm³/mol. The van der Waals surface area contributed by atoms with Crippen LogP contribution in [0.15, 0.2) is 24.7 Å². The molecule has 22 heavy (non-hydrogen) atoms. The van der Waals surface area contributed by atoms with Crippen molar-refractivity contribution in [3.63, 3.8) is 0 Å². The smallest absolute Gasteiger partial charge is 0.274 e. The van der Waals surface area contributed by atoms with Gasteiger partial charge in [-0.05, 0) is 12.5 Å². The van der Waals surface area contributed by atoms with Crippen LogP contribution in [0, 0.1) is 0 Å². The fourth-order valence-electron chi connectivity index (χ4n) is 2.48. The lowest BCUT2D eigenvalue weighted by atomic mass is 10.3. The number of carbonyl (C=O) groups excluding carboxylic acids is 1. The summed E-state index contributed by atoms with van der Waals surface area (Å²) in [5.74, 6) is 0.621. The number of hydrogen-bond donors (Lipinski definition) is 0. The van der Waals surface area contributed by atoms with Gasteiger partial charge in [0.1, 0.15) is 5.69 Å². The van der Waals surface area contributed by atoms with Gasteiger partial charge < -0.3 is 9.80 Å². The lowest BCUT2D eigenvalue weighted by Crippen LogP contribution is -2.35. The first-order valence-corrected chi connectivity index (χ1v) is 7.53. The fourth-order valence-corrected chi connectivity index (χ4v) is 2.58. The topological polar surface area (TPSA) is 67.2 Å². The first kappa shape index (κ1) is 14.8. The Kier molecular flexibility index (Phi) is 4.24. The van der Waals surface area contributed by atoms with E-state index in [2.05, 4.69) is 20.0 Å². The molecule has 116 valence electrons. The number of aromatic nitrogens is 4. The Morgan fingerprint density at radius 3 is 2.64 bits per heavy atom. The van der Waals surface area contributed by atoms with E-state index in [-0.39, 0.29) is 5.91 Å². The Morgan fingerprint density at radius 2 is 1.95 bits per heavy atom. The molecule has 0 spiro atoms. The Balaban J connectivity index is 1.67. The van der Waals surface area contributed by atoms with Crippen LogP contribution in [0.5, 0.6) is 0 Å². The van der Waals surface area contributed by atoms with E-state index in [4.69, 9.17) is 11.6 Å². The third-order valence-corrected chi connectivity index (χ3v) is 3.80. The Morgan fingerprint density at radius 1 is 1.18 bits per heavy atom. The van der Waals surface area contributed by atoms with Crippen LogP contribution < -0.4 is 4.90 Å². The molecule has 1 fully saturated rings. The minimum absolute atomic E-state index is 0.0283. The van der Waals surface area contributed by atoms with Gasteiger partial charge in [0.25, 0.3) is 5.91 Å². The second-order valence-electron chi connectivity index (χ2n) is 5.21. The molecular weight excluding hydrogens is 304 g/mol. The summed E-state index contributed by atoms with van der Waals surface area (Å²) in [7, 11) is 1.80. The average Bonchev–Trinajstić information content (AvgIpc) is 2.81. The molecule has 1 saturated heterocycles. The lowest BCUT2D eigenvalue weighted by Gasteiger charge is -2.21. The molecule has 0 unspecified atom stereocenters. The standard InChI is InChI=1S/C14H17ClN6O/c1-19-6-3-12(18-19)13(22)20-4-2-5-21(8-7-20)14-16-9-11(15)10-17-14/h3,6,9-10H,2,4-5,7-8H2,1H3. The molecule has 7 nitrogen and oxygen atoms in total. The Bertz CT molecular complexity index is 656. The maximum absolute atomic E-state index is 12.4. The molecule has 8 heteroatoms. The molecule has 2 aromatic rings. The van der Waals surface area contributed by atoms with Crippen molar-refractivity contribution < 1.29 is 4.79 Å². The molecule has 0 aromatic carbocycles. The molecule has 3 heterocycles. The van der Waals surface area contributed by atoms with Gasteiger partial charge in [-0.1, -0.05) is 11.6 Å². The highest BCUT2D eigenvalue weighted by atomic mass is 35.5. The van der Waals surface area contributed by atoms with E-state index in [1.807, 2.05) is 4.90 Å². The highest BCUT2D eigenvalue weighted by Crippen LogP contribution is 2.14. The molecule has 1 amide bonds. The monoisotopic (exact) mass is 320 g/mol. The van der Waals surface area contributed by atoms with E-state index in [9.17, 15) is 4.79 Å². The molecule has 2 aromatic heterocycles. The second kappa shape index (κ2) is 6.31. The van der Waals surface area contributed by atoms with Crippen LogP contribution in [-0.2, 0) is 7.05 Å². The van der Waals surface area contributed by atoms with Gasteiger partial charge in [-0.2, -0.15) is 5.10 Å². The van der Waals surface area contributed by atoms with E-state index in [0.717, 1.165) is 13.0 Å². The molecule has 1 aliphatic rings. The van der Waals surface area contributed by atoms with Crippen molar-refractivity contribution in [2.24, 2.45) is 7.05 Å². The Hall–Kier alpha value is -2.15. The molecule has 0 aliphatic carbocycles. The quantitative estimate of drug-likeness (QED) is 0.832. The van der Waals surface area contributed by atoms with Gasteiger partial charge in [-0.15, -0.1) is 0 Å². The van der Waals surface area contributed by atoms with Crippen LogP contribution in [-0.4, -0.2) is 56.7 Å². The van der Waals surface area contributed by atoms with Crippen molar-refractivity contribution in [2.75, 3.05) is 31.1 Å². The number of amides is 1. The molecule has 0 N–H and O–H groups in total. The van der Waals surface area contributed by atoms with Gasteiger partial charge in [0.15, 0.2) is 0 Å². The summed E-state index contributed by atoms with van der Waals surface area (Å²) in [6, 6.07) is 1.74. The first-order chi connectivity index (χ1) is 10.6. The van der Waals surface area contributed by atoms with E-state index < -0.39 is 0 Å². The van der Waals surface area contributed by atoms with E-state index >= 15 is 0 Å². The van der Waals surface area contributed by atoms with Gasteiger partial charge in [-0.25, -0.2) is 9.97 Å². The molecular formula is C14H17ClN6O. The van der Waals surface area contributed by atoms with Gasteiger partial charge in [-0.3, -0.25) is 9.48 Å². The number of hydrogen-bond acceptors (Lipinski definition) is 5. The van der Waals surface area contributed by atoms with Crippen molar-refractivity contribution in [3.05, 3.63) is 35.4 Å². The van der Waals surface area contributed by atoms with Crippen molar-refractivity contribution in [3.8, 4) is 0 Å². The van der Waals surface area contributed by atoms with Gasteiger partial charge in [0.05, 0.1) is 17.4 Å². The average molecular weight is 321 g/mol. The summed E-state index contributed by atoms with van der Waals surface area (Å²) >= 11 is 5.81. The van der Waals surface area contributed by atoms with E-state index in [1.54, 1.807) is 36.4 Å². The third kappa shape index (κ3) is 3.19. The molecule has 1 aliphatic heterocycles. The minimum Gasteiger partial charge on any atom is -0.339 e. The van der Waals surface area contributed by atoms with Gasteiger partial charge in [0.2, 0.25) is 5.95 Å². The lowest BCUT2D eigenvalue weighted by molar-refractivity contribution is 0.0760. The Labute approximate surface area is 133 Å². The number of aryl methyl sites for hydroxylation is 1. The van der Waals surface area contributed by atoms with Crippen molar-refractivity contribution >= 4 is 23.5 Å². The van der Waals surface area contributed by atoms with Crippen LogP contribution in [0.1, 0.15) is 16.9 Å². The number of anilines is 1. The van der Waals surface area contributed by atoms with Crippen LogP contribution in [0.2, 0.25) is 5.02 Å². The molecule has 0 radical (unpaired) electrons. The summed E-state index contributed by atoms with van der Waals surface area (Å²) in [6.07, 6.45) is 5.82. The molecule has 0 saturated carbocycles. The molecule has 0 bridgehead atoms. The summed E-state index contributed by atoms with van der Waals surface area (Å²) in [4.78, 5) is 24.8. The van der Waals surface area contributed by atoms with Crippen LogP contribution in [0.4, 0.5) is 5.95 Å². The number of rotatable bonds is 2. The largest absolute Gasteiger partial charge is 0.339 e. The second-order valence-corrected chi connectivity index (χ2v) is 5.65. The summed E-state index contributed by atoms with van der Waals surface area (Å²) in [5, 5.41) is 4.69. The van der Waals surface area contributed by atoms with E-state index in [0.29, 0.717) is 36.3 Å². The van der Waals surface area contributed by atoms with Crippen LogP contribution >= 0.6 is 11.6 Å². The van der Waals surface area contributed by atoms with Crippen molar-refractivity contribution in [2.45, 2.75) is 6.42 Å². The third-order valence-electron chi connectivity index (χ3n) is 3.61. The summed E-state index contributed by atoms with van der Waals surface area (Å²) < 4.78 is 1.64. The zero-order valence-corrected chi connectivity index (χ0v) is 13.1. The van der Waals surface area contributed by atoms with Gasteiger partial charge in [0, 0.05) is 39.4 Å². The highest BCUT2D eigenvalue weighted by molar-refractivity contribution is 6.30. The first-order valence-electron chi connectivity index (χ1n) is 7.15. The van der Waals surface area contributed by atoms with Crippen molar-refractivity contribution in [1.29, 1.82) is 0 Å².